The molecular weight excluding hydrogens is 513 g/mol. The molecule has 5 nitrogen and oxygen atoms in total. The molecular formula is C17H11BrClF3N4OS2. The number of anilines is 2. The number of carbonyl (C=O) groups excluding carboxylic acids is 1. The molecule has 0 spiro atoms. The van der Waals surface area contributed by atoms with E-state index in [2.05, 4.69) is 36.8 Å². The molecule has 3 rings (SSSR count). The van der Waals surface area contributed by atoms with Gasteiger partial charge < -0.3 is 5.32 Å². The average Bonchev–Trinajstić information content (AvgIpc) is 3.09. The molecule has 0 radical (unpaired) electrons. The Morgan fingerprint density at radius 1 is 1.14 bits per heavy atom. The fourth-order valence-electron chi connectivity index (χ4n) is 2.12. The van der Waals surface area contributed by atoms with E-state index in [1.165, 1.54) is 17.8 Å². The molecule has 0 unspecified atom stereocenters. The zero-order valence-electron chi connectivity index (χ0n) is 14.3. The van der Waals surface area contributed by atoms with Crippen LogP contribution in [0.5, 0.6) is 0 Å². The standard InChI is InChI=1S/C17H11BrClF3N4OS2/c18-10-3-1-9(2-4-10)8-28-16-26-25-15(29-16)24-14(27)23-11-5-6-13(19)12(7-11)17(20,21)22/h1-7H,8H2,(H2,23,24,25,27). The number of nitrogens with one attached hydrogen (secondary N) is 2. The van der Waals surface area contributed by atoms with Crippen LogP contribution in [0.4, 0.5) is 28.8 Å². The average molecular weight is 524 g/mol. The second-order valence-corrected chi connectivity index (χ2v) is 9.08. The number of urea groups is 1. The summed E-state index contributed by atoms with van der Waals surface area (Å²) in [6.45, 7) is 0. The maximum Gasteiger partial charge on any atom is 0.417 e. The van der Waals surface area contributed by atoms with E-state index in [1.807, 2.05) is 24.3 Å². The van der Waals surface area contributed by atoms with Crippen LogP contribution in [0.25, 0.3) is 0 Å². The van der Waals surface area contributed by atoms with Gasteiger partial charge in [0, 0.05) is 15.9 Å². The molecule has 0 aliphatic rings. The Bertz CT molecular complexity index is 1010. The fourth-order valence-corrected chi connectivity index (χ4v) is 4.32. The normalized spacial score (nSPS) is 11.3. The predicted octanol–water partition coefficient (Wildman–Crippen LogP) is 6.91. The van der Waals surface area contributed by atoms with Crippen LogP contribution < -0.4 is 10.6 Å². The highest BCUT2D eigenvalue weighted by Gasteiger charge is 2.33. The molecule has 0 saturated carbocycles. The number of carbonyl (C=O) groups is 1. The van der Waals surface area contributed by atoms with E-state index in [-0.39, 0.29) is 10.8 Å². The molecule has 152 valence electrons. The van der Waals surface area contributed by atoms with Crippen LogP contribution in [0, 0.1) is 0 Å². The first-order valence-electron chi connectivity index (χ1n) is 7.86. The molecule has 2 aromatic carbocycles. The molecule has 0 saturated heterocycles. The number of amides is 2. The quantitative estimate of drug-likeness (QED) is 0.282. The summed E-state index contributed by atoms with van der Waals surface area (Å²) in [5.74, 6) is 0.680. The van der Waals surface area contributed by atoms with Gasteiger partial charge in [0.25, 0.3) is 0 Å². The van der Waals surface area contributed by atoms with Crippen molar-refractivity contribution in [3.05, 3.63) is 63.1 Å². The van der Waals surface area contributed by atoms with Gasteiger partial charge in [0.1, 0.15) is 0 Å². The third-order valence-corrected chi connectivity index (χ3v) is 6.33. The number of alkyl halides is 3. The van der Waals surface area contributed by atoms with Gasteiger partial charge in [-0.3, -0.25) is 5.32 Å². The summed E-state index contributed by atoms with van der Waals surface area (Å²) < 4.78 is 40.3. The van der Waals surface area contributed by atoms with Gasteiger partial charge in [-0.2, -0.15) is 13.2 Å². The SMILES string of the molecule is O=C(Nc1ccc(Cl)c(C(F)(F)F)c1)Nc1nnc(SCc2ccc(Br)cc2)s1. The summed E-state index contributed by atoms with van der Waals surface area (Å²) in [6, 6.07) is 10.2. The van der Waals surface area contributed by atoms with E-state index in [1.54, 1.807) is 0 Å². The van der Waals surface area contributed by atoms with E-state index < -0.39 is 22.8 Å². The summed E-state index contributed by atoms with van der Waals surface area (Å²) in [5, 5.41) is 12.4. The largest absolute Gasteiger partial charge is 0.417 e. The number of rotatable bonds is 5. The van der Waals surface area contributed by atoms with Gasteiger partial charge in [-0.05, 0) is 35.9 Å². The topological polar surface area (TPSA) is 66.9 Å². The van der Waals surface area contributed by atoms with Crippen molar-refractivity contribution in [3.8, 4) is 0 Å². The lowest BCUT2D eigenvalue weighted by atomic mass is 10.2. The molecule has 0 aliphatic heterocycles. The number of halogens is 5. The lowest BCUT2D eigenvalue weighted by molar-refractivity contribution is -0.137. The van der Waals surface area contributed by atoms with Crippen molar-refractivity contribution in [3.63, 3.8) is 0 Å². The van der Waals surface area contributed by atoms with Crippen molar-refractivity contribution in [1.82, 2.24) is 10.2 Å². The van der Waals surface area contributed by atoms with Gasteiger partial charge in [0.05, 0.1) is 10.6 Å². The van der Waals surface area contributed by atoms with Gasteiger partial charge in [0.15, 0.2) is 4.34 Å². The van der Waals surface area contributed by atoms with Gasteiger partial charge >= 0.3 is 12.2 Å². The number of nitrogens with zero attached hydrogens (tertiary/aromatic N) is 2. The number of hydrogen-bond donors (Lipinski definition) is 2. The summed E-state index contributed by atoms with van der Waals surface area (Å²) >= 11 is 11.6. The zero-order valence-corrected chi connectivity index (χ0v) is 18.2. The molecule has 1 aromatic heterocycles. The van der Waals surface area contributed by atoms with Gasteiger partial charge in [-0.25, -0.2) is 4.79 Å². The zero-order chi connectivity index (χ0) is 21.0. The van der Waals surface area contributed by atoms with Crippen LogP contribution in [0.3, 0.4) is 0 Å². The van der Waals surface area contributed by atoms with E-state index in [9.17, 15) is 18.0 Å². The highest BCUT2D eigenvalue weighted by molar-refractivity contribution is 9.10. The van der Waals surface area contributed by atoms with E-state index >= 15 is 0 Å². The second kappa shape index (κ2) is 9.33. The smallest absolute Gasteiger partial charge is 0.308 e. The molecule has 2 N–H and O–H groups in total. The maximum atomic E-state index is 12.9. The van der Waals surface area contributed by atoms with Gasteiger partial charge in [0.2, 0.25) is 5.13 Å². The van der Waals surface area contributed by atoms with Crippen molar-refractivity contribution in [2.75, 3.05) is 10.6 Å². The Balaban J connectivity index is 1.57. The number of thioether (sulfide) groups is 1. The van der Waals surface area contributed by atoms with Crippen LogP contribution in [-0.2, 0) is 11.9 Å². The fraction of sp³-hybridized carbons (Fsp3) is 0.118. The molecule has 0 fully saturated rings. The molecule has 0 aliphatic carbocycles. The van der Waals surface area contributed by atoms with Gasteiger partial charge in [-0.15, -0.1) is 10.2 Å². The third-order valence-electron chi connectivity index (χ3n) is 3.43. The molecule has 0 atom stereocenters. The lowest BCUT2D eigenvalue weighted by Gasteiger charge is -2.11. The molecule has 3 aromatic rings. The number of aromatic nitrogens is 2. The summed E-state index contributed by atoms with van der Waals surface area (Å²) in [5.41, 5.74) is 0.0250. The van der Waals surface area contributed by atoms with Crippen molar-refractivity contribution in [2.24, 2.45) is 0 Å². The van der Waals surface area contributed by atoms with Crippen LogP contribution in [0.15, 0.2) is 51.3 Å². The first-order chi connectivity index (χ1) is 13.7. The van der Waals surface area contributed by atoms with Crippen molar-refractivity contribution < 1.29 is 18.0 Å². The molecule has 2 amide bonds. The first kappa shape index (κ1) is 21.9. The van der Waals surface area contributed by atoms with Crippen LogP contribution in [0.2, 0.25) is 5.02 Å². The van der Waals surface area contributed by atoms with Gasteiger partial charge in [-0.1, -0.05) is 62.8 Å². The summed E-state index contributed by atoms with van der Waals surface area (Å²) in [6.07, 6.45) is -4.62. The Morgan fingerprint density at radius 3 is 2.55 bits per heavy atom. The van der Waals surface area contributed by atoms with Crippen molar-refractivity contribution in [1.29, 1.82) is 0 Å². The van der Waals surface area contributed by atoms with Crippen LogP contribution in [0.1, 0.15) is 11.1 Å². The molecule has 29 heavy (non-hydrogen) atoms. The second-order valence-electron chi connectivity index (χ2n) is 5.56. The Hall–Kier alpha value is -1.82. The van der Waals surface area contributed by atoms with E-state index in [0.717, 1.165) is 33.5 Å². The van der Waals surface area contributed by atoms with Crippen LogP contribution in [-0.4, -0.2) is 16.2 Å². The Morgan fingerprint density at radius 2 is 1.86 bits per heavy atom. The van der Waals surface area contributed by atoms with Crippen molar-refractivity contribution in [2.45, 2.75) is 16.3 Å². The molecule has 1 heterocycles. The van der Waals surface area contributed by atoms with E-state index in [0.29, 0.717) is 10.1 Å². The molecule has 12 heteroatoms. The minimum absolute atomic E-state index is 0.0476. The minimum atomic E-state index is -4.62. The van der Waals surface area contributed by atoms with Crippen LogP contribution >= 0.6 is 50.6 Å². The monoisotopic (exact) mass is 522 g/mol. The van der Waals surface area contributed by atoms with Crippen molar-refractivity contribution >= 4 is 67.5 Å². The third kappa shape index (κ3) is 6.33. The number of benzene rings is 2. The maximum absolute atomic E-state index is 12.9. The highest BCUT2D eigenvalue weighted by atomic mass is 79.9. The summed E-state index contributed by atoms with van der Waals surface area (Å²) in [4.78, 5) is 12.0. The Kier molecular flexibility index (Phi) is 7.04. The summed E-state index contributed by atoms with van der Waals surface area (Å²) in [7, 11) is 0. The van der Waals surface area contributed by atoms with E-state index in [4.69, 9.17) is 11.6 Å². The minimum Gasteiger partial charge on any atom is -0.308 e. The highest BCUT2D eigenvalue weighted by Crippen LogP contribution is 2.36. The first-order valence-corrected chi connectivity index (χ1v) is 10.8. The number of hydrogen-bond acceptors (Lipinski definition) is 5. The predicted molar refractivity (Wildman–Crippen MR) is 113 cm³/mol. The Labute approximate surface area is 185 Å². The molecule has 0 bridgehead atoms. The lowest BCUT2D eigenvalue weighted by Crippen LogP contribution is -2.19.